The summed E-state index contributed by atoms with van der Waals surface area (Å²) >= 11 is 1.25. The first-order valence-corrected chi connectivity index (χ1v) is 8.11. The summed E-state index contributed by atoms with van der Waals surface area (Å²) in [6.45, 7) is 6.04. The molecule has 0 atom stereocenters. The Morgan fingerprint density at radius 2 is 2.00 bits per heavy atom. The molecule has 122 valence electrons. The lowest BCUT2D eigenvalue weighted by Crippen LogP contribution is -2.15. The number of aryl methyl sites for hydroxylation is 2. The molecule has 1 aromatic heterocycles. The molecule has 0 radical (unpaired) electrons. The average Bonchev–Trinajstić information content (AvgIpc) is 2.90. The minimum absolute atomic E-state index is 0.147. The Labute approximate surface area is 138 Å². The zero-order valence-electron chi connectivity index (χ0n) is 13.3. The van der Waals surface area contributed by atoms with Crippen molar-refractivity contribution in [2.45, 2.75) is 27.2 Å². The van der Waals surface area contributed by atoms with Crippen LogP contribution in [0.15, 0.2) is 23.6 Å². The SMILES string of the molecule is CCOC(=O)Nc1nc(CC(=O)Nc2ccc(C)c(C)c2)cs1. The standard InChI is InChI=1S/C16H19N3O3S/c1-4-22-16(21)19-15-18-13(9-23-15)8-14(20)17-12-6-5-10(2)11(3)7-12/h5-7,9H,4,8H2,1-3H3,(H,17,20)(H,18,19,21). The van der Waals surface area contributed by atoms with Crippen molar-refractivity contribution in [3.63, 3.8) is 0 Å². The molecule has 0 aliphatic heterocycles. The summed E-state index contributed by atoms with van der Waals surface area (Å²) in [5, 5.41) is 7.51. The van der Waals surface area contributed by atoms with Crippen LogP contribution in [0.5, 0.6) is 0 Å². The molecule has 0 saturated heterocycles. The Hall–Kier alpha value is -2.41. The number of rotatable bonds is 5. The number of anilines is 2. The van der Waals surface area contributed by atoms with Crippen LogP contribution in [0.3, 0.4) is 0 Å². The van der Waals surface area contributed by atoms with Crippen LogP contribution in [-0.4, -0.2) is 23.6 Å². The van der Waals surface area contributed by atoms with Gasteiger partial charge in [-0.3, -0.25) is 10.1 Å². The fourth-order valence-corrected chi connectivity index (χ4v) is 2.58. The van der Waals surface area contributed by atoms with E-state index in [1.54, 1.807) is 12.3 Å². The fourth-order valence-electron chi connectivity index (χ4n) is 1.89. The number of carbonyl (C=O) groups is 2. The molecule has 2 amide bonds. The van der Waals surface area contributed by atoms with Gasteiger partial charge in [0.1, 0.15) is 0 Å². The van der Waals surface area contributed by atoms with Crippen LogP contribution in [0.2, 0.25) is 0 Å². The summed E-state index contributed by atoms with van der Waals surface area (Å²) in [6, 6.07) is 5.77. The zero-order chi connectivity index (χ0) is 16.8. The van der Waals surface area contributed by atoms with Gasteiger partial charge in [0.2, 0.25) is 5.91 Å². The summed E-state index contributed by atoms with van der Waals surface area (Å²) in [5.74, 6) is -0.152. The molecule has 0 bridgehead atoms. The molecular weight excluding hydrogens is 314 g/mol. The first-order chi connectivity index (χ1) is 11.0. The molecule has 0 saturated carbocycles. The Kier molecular flexibility index (Phi) is 5.70. The number of amides is 2. The van der Waals surface area contributed by atoms with E-state index in [2.05, 4.69) is 15.6 Å². The van der Waals surface area contributed by atoms with Crippen molar-refractivity contribution in [2.24, 2.45) is 0 Å². The second kappa shape index (κ2) is 7.73. The highest BCUT2D eigenvalue weighted by atomic mass is 32.1. The minimum Gasteiger partial charge on any atom is -0.450 e. The zero-order valence-corrected chi connectivity index (χ0v) is 14.1. The van der Waals surface area contributed by atoms with E-state index in [9.17, 15) is 9.59 Å². The van der Waals surface area contributed by atoms with Gasteiger partial charge in [0, 0.05) is 11.1 Å². The van der Waals surface area contributed by atoms with Crippen LogP contribution in [0.25, 0.3) is 0 Å². The second-order valence-electron chi connectivity index (χ2n) is 5.01. The maximum absolute atomic E-state index is 12.1. The number of benzene rings is 1. The number of carbonyl (C=O) groups excluding carboxylic acids is 2. The molecule has 1 heterocycles. The predicted octanol–water partition coefficient (Wildman–Crippen LogP) is 3.51. The third kappa shape index (κ3) is 5.07. The van der Waals surface area contributed by atoms with E-state index < -0.39 is 6.09 Å². The largest absolute Gasteiger partial charge is 0.450 e. The molecule has 1 aromatic carbocycles. The number of hydrogen-bond donors (Lipinski definition) is 2. The normalized spacial score (nSPS) is 10.2. The highest BCUT2D eigenvalue weighted by Crippen LogP contribution is 2.17. The van der Waals surface area contributed by atoms with Gasteiger partial charge in [-0.25, -0.2) is 9.78 Å². The molecular formula is C16H19N3O3S. The summed E-state index contributed by atoms with van der Waals surface area (Å²) in [5.41, 5.74) is 3.66. The van der Waals surface area contributed by atoms with Crippen LogP contribution >= 0.6 is 11.3 Å². The number of hydrogen-bond acceptors (Lipinski definition) is 5. The lowest BCUT2D eigenvalue weighted by atomic mass is 10.1. The first-order valence-electron chi connectivity index (χ1n) is 7.23. The van der Waals surface area contributed by atoms with E-state index in [1.807, 2.05) is 32.0 Å². The van der Waals surface area contributed by atoms with Gasteiger partial charge >= 0.3 is 6.09 Å². The average molecular weight is 333 g/mol. The molecule has 0 aliphatic rings. The molecule has 23 heavy (non-hydrogen) atoms. The summed E-state index contributed by atoms with van der Waals surface area (Å²) < 4.78 is 4.77. The highest BCUT2D eigenvalue weighted by molar-refractivity contribution is 7.13. The predicted molar refractivity (Wildman–Crippen MR) is 91.0 cm³/mol. The van der Waals surface area contributed by atoms with E-state index in [0.29, 0.717) is 17.4 Å². The van der Waals surface area contributed by atoms with Gasteiger partial charge in [0.25, 0.3) is 0 Å². The quantitative estimate of drug-likeness (QED) is 0.877. The fraction of sp³-hybridized carbons (Fsp3) is 0.312. The van der Waals surface area contributed by atoms with Gasteiger partial charge in [-0.2, -0.15) is 0 Å². The number of thiazole rings is 1. The van der Waals surface area contributed by atoms with Crippen LogP contribution in [0.4, 0.5) is 15.6 Å². The van der Waals surface area contributed by atoms with E-state index >= 15 is 0 Å². The third-order valence-electron chi connectivity index (χ3n) is 3.17. The third-order valence-corrected chi connectivity index (χ3v) is 3.98. The number of nitrogens with one attached hydrogen (secondary N) is 2. The van der Waals surface area contributed by atoms with Crippen molar-refractivity contribution in [3.05, 3.63) is 40.4 Å². The van der Waals surface area contributed by atoms with Crippen LogP contribution in [-0.2, 0) is 16.0 Å². The molecule has 2 rings (SSSR count). The van der Waals surface area contributed by atoms with E-state index in [0.717, 1.165) is 11.3 Å². The van der Waals surface area contributed by atoms with Crippen LogP contribution in [0, 0.1) is 13.8 Å². The van der Waals surface area contributed by atoms with E-state index in [4.69, 9.17) is 4.74 Å². The van der Waals surface area contributed by atoms with Crippen molar-refractivity contribution < 1.29 is 14.3 Å². The van der Waals surface area contributed by atoms with Gasteiger partial charge in [-0.15, -0.1) is 11.3 Å². The van der Waals surface area contributed by atoms with Crippen LogP contribution in [0.1, 0.15) is 23.7 Å². The van der Waals surface area contributed by atoms with Crippen molar-refractivity contribution in [2.75, 3.05) is 17.2 Å². The molecule has 0 spiro atoms. The highest BCUT2D eigenvalue weighted by Gasteiger charge is 2.10. The molecule has 2 aromatic rings. The molecule has 7 heteroatoms. The van der Waals surface area contributed by atoms with Gasteiger partial charge in [0.05, 0.1) is 18.7 Å². The Morgan fingerprint density at radius 3 is 2.70 bits per heavy atom. The Balaban J connectivity index is 1.91. The van der Waals surface area contributed by atoms with E-state index in [1.165, 1.54) is 16.9 Å². The molecule has 0 aliphatic carbocycles. The van der Waals surface area contributed by atoms with Crippen molar-refractivity contribution in [1.82, 2.24) is 4.98 Å². The smallest absolute Gasteiger partial charge is 0.413 e. The van der Waals surface area contributed by atoms with E-state index in [-0.39, 0.29) is 12.3 Å². The number of aromatic nitrogens is 1. The van der Waals surface area contributed by atoms with Crippen LogP contribution < -0.4 is 10.6 Å². The maximum atomic E-state index is 12.1. The Morgan fingerprint density at radius 1 is 1.22 bits per heavy atom. The summed E-state index contributed by atoms with van der Waals surface area (Å²) in [4.78, 5) is 27.5. The second-order valence-corrected chi connectivity index (χ2v) is 5.87. The minimum atomic E-state index is -0.548. The summed E-state index contributed by atoms with van der Waals surface area (Å²) in [7, 11) is 0. The first kappa shape index (κ1) is 17.0. The van der Waals surface area contributed by atoms with Gasteiger partial charge in [-0.05, 0) is 44.0 Å². The van der Waals surface area contributed by atoms with Gasteiger partial charge < -0.3 is 10.1 Å². The maximum Gasteiger partial charge on any atom is 0.413 e. The molecule has 0 unspecified atom stereocenters. The Bertz CT molecular complexity index is 712. The number of nitrogens with zero attached hydrogens (tertiary/aromatic N) is 1. The van der Waals surface area contributed by atoms with Crippen molar-refractivity contribution in [1.29, 1.82) is 0 Å². The monoisotopic (exact) mass is 333 g/mol. The van der Waals surface area contributed by atoms with Gasteiger partial charge in [-0.1, -0.05) is 6.07 Å². The molecule has 2 N–H and O–H groups in total. The van der Waals surface area contributed by atoms with Gasteiger partial charge in [0.15, 0.2) is 5.13 Å². The molecule has 0 fully saturated rings. The topological polar surface area (TPSA) is 80.3 Å². The molecule has 6 nitrogen and oxygen atoms in total. The van der Waals surface area contributed by atoms with Crippen molar-refractivity contribution in [3.8, 4) is 0 Å². The lowest BCUT2D eigenvalue weighted by Gasteiger charge is -2.06. The summed E-state index contributed by atoms with van der Waals surface area (Å²) in [6.07, 6.45) is -0.401. The van der Waals surface area contributed by atoms with Crippen molar-refractivity contribution >= 4 is 34.2 Å². The lowest BCUT2D eigenvalue weighted by molar-refractivity contribution is -0.115. The number of ether oxygens (including phenoxy) is 1.